The van der Waals surface area contributed by atoms with Gasteiger partial charge in [-0.05, 0) is 37.6 Å². The SMILES string of the molecule is CC(C)Oc1cc(SCc2ccccc2)ccc1N. The minimum absolute atomic E-state index is 0.136. The van der Waals surface area contributed by atoms with Crippen LogP contribution in [0.1, 0.15) is 19.4 Å². The molecule has 0 saturated carbocycles. The minimum atomic E-state index is 0.136. The van der Waals surface area contributed by atoms with Crippen molar-refractivity contribution >= 4 is 17.4 Å². The number of benzene rings is 2. The van der Waals surface area contributed by atoms with Gasteiger partial charge < -0.3 is 10.5 Å². The molecule has 0 aromatic heterocycles. The summed E-state index contributed by atoms with van der Waals surface area (Å²) in [6.45, 7) is 4.01. The molecule has 2 nitrogen and oxygen atoms in total. The number of hydrogen-bond acceptors (Lipinski definition) is 3. The quantitative estimate of drug-likeness (QED) is 0.650. The zero-order valence-corrected chi connectivity index (χ0v) is 12.1. The maximum absolute atomic E-state index is 5.91. The molecule has 0 aliphatic carbocycles. The third-order valence-electron chi connectivity index (χ3n) is 2.60. The number of anilines is 1. The van der Waals surface area contributed by atoms with E-state index in [0.29, 0.717) is 5.69 Å². The van der Waals surface area contributed by atoms with Crippen molar-refractivity contribution in [1.29, 1.82) is 0 Å². The van der Waals surface area contributed by atoms with Crippen LogP contribution in [0.15, 0.2) is 53.4 Å². The van der Waals surface area contributed by atoms with E-state index in [0.717, 1.165) is 11.5 Å². The molecular formula is C16H19NOS. The first-order chi connectivity index (χ1) is 9.15. The van der Waals surface area contributed by atoms with Gasteiger partial charge in [-0.3, -0.25) is 0 Å². The molecule has 2 N–H and O–H groups in total. The van der Waals surface area contributed by atoms with Crippen molar-refractivity contribution in [1.82, 2.24) is 0 Å². The summed E-state index contributed by atoms with van der Waals surface area (Å²) in [4.78, 5) is 1.17. The first-order valence-electron chi connectivity index (χ1n) is 6.38. The van der Waals surface area contributed by atoms with Crippen LogP contribution in [0.25, 0.3) is 0 Å². The number of nitrogens with two attached hydrogens (primary N) is 1. The highest BCUT2D eigenvalue weighted by Gasteiger charge is 2.05. The van der Waals surface area contributed by atoms with Crippen LogP contribution in [0.5, 0.6) is 5.75 Å². The van der Waals surface area contributed by atoms with Gasteiger partial charge in [0.2, 0.25) is 0 Å². The molecule has 0 heterocycles. The summed E-state index contributed by atoms with van der Waals surface area (Å²) < 4.78 is 5.70. The highest BCUT2D eigenvalue weighted by Crippen LogP contribution is 2.30. The van der Waals surface area contributed by atoms with Crippen molar-refractivity contribution in [3.8, 4) is 5.75 Å². The first kappa shape index (κ1) is 13.8. The molecule has 19 heavy (non-hydrogen) atoms. The minimum Gasteiger partial charge on any atom is -0.489 e. The molecule has 2 rings (SSSR count). The lowest BCUT2D eigenvalue weighted by atomic mass is 10.2. The Morgan fingerprint density at radius 1 is 1.11 bits per heavy atom. The fraction of sp³-hybridized carbons (Fsp3) is 0.250. The lowest BCUT2D eigenvalue weighted by Gasteiger charge is -2.13. The van der Waals surface area contributed by atoms with Gasteiger partial charge in [0.25, 0.3) is 0 Å². The average molecular weight is 273 g/mol. The number of nitrogen functional groups attached to an aromatic ring is 1. The van der Waals surface area contributed by atoms with Crippen LogP contribution < -0.4 is 10.5 Å². The van der Waals surface area contributed by atoms with Gasteiger partial charge in [-0.15, -0.1) is 11.8 Å². The molecule has 0 unspecified atom stereocenters. The van der Waals surface area contributed by atoms with E-state index < -0.39 is 0 Å². The molecule has 2 aromatic rings. The predicted octanol–water partition coefficient (Wildman–Crippen LogP) is 4.35. The Bertz CT molecular complexity index is 526. The van der Waals surface area contributed by atoms with Crippen LogP contribution in [0.3, 0.4) is 0 Å². The number of rotatable bonds is 5. The monoisotopic (exact) mass is 273 g/mol. The van der Waals surface area contributed by atoms with Gasteiger partial charge in [0.05, 0.1) is 11.8 Å². The van der Waals surface area contributed by atoms with Gasteiger partial charge in [-0.2, -0.15) is 0 Å². The molecule has 0 spiro atoms. The second kappa shape index (κ2) is 6.53. The molecule has 0 amide bonds. The maximum atomic E-state index is 5.91. The largest absolute Gasteiger partial charge is 0.489 e. The van der Waals surface area contributed by atoms with Crippen molar-refractivity contribution in [3.05, 3.63) is 54.1 Å². The highest BCUT2D eigenvalue weighted by molar-refractivity contribution is 7.98. The van der Waals surface area contributed by atoms with E-state index in [1.807, 2.05) is 38.1 Å². The summed E-state index contributed by atoms with van der Waals surface area (Å²) in [5, 5.41) is 0. The Morgan fingerprint density at radius 3 is 2.53 bits per heavy atom. The maximum Gasteiger partial charge on any atom is 0.143 e. The molecule has 2 aromatic carbocycles. The molecule has 0 aliphatic heterocycles. The normalized spacial score (nSPS) is 10.7. The van der Waals surface area contributed by atoms with Crippen molar-refractivity contribution in [2.45, 2.75) is 30.6 Å². The lowest BCUT2D eigenvalue weighted by molar-refractivity contribution is 0.243. The molecule has 0 aliphatic rings. The van der Waals surface area contributed by atoms with Crippen molar-refractivity contribution < 1.29 is 4.74 Å². The third-order valence-corrected chi connectivity index (χ3v) is 3.66. The van der Waals surface area contributed by atoms with E-state index in [2.05, 4.69) is 24.3 Å². The lowest BCUT2D eigenvalue weighted by Crippen LogP contribution is -2.07. The van der Waals surface area contributed by atoms with Crippen LogP contribution in [-0.4, -0.2) is 6.10 Å². The summed E-state index contributed by atoms with van der Waals surface area (Å²) >= 11 is 1.79. The number of ether oxygens (including phenoxy) is 1. The zero-order valence-electron chi connectivity index (χ0n) is 11.3. The first-order valence-corrected chi connectivity index (χ1v) is 7.36. The van der Waals surface area contributed by atoms with E-state index in [4.69, 9.17) is 10.5 Å². The van der Waals surface area contributed by atoms with Gasteiger partial charge in [0.1, 0.15) is 5.75 Å². The smallest absolute Gasteiger partial charge is 0.143 e. The second-order valence-electron chi connectivity index (χ2n) is 4.64. The molecule has 0 radical (unpaired) electrons. The fourth-order valence-corrected chi connectivity index (χ4v) is 2.58. The van der Waals surface area contributed by atoms with Gasteiger partial charge in [0.15, 0.2) is 0 Å². The van der Waals surface area contributed by atoms with Crippen molar-refractivity contribution in [3.63, 3.8) is 0 Å². The van der Waals surface area contributed by atoms with Crippen molar-refractivity contribution in [2.75, 3.05) is 5.73 Å². The molecule has 3 heteroatoms. The summed E-state index contributed by atoms with van der Waals surface area (Å²) in [7, 11) is 0. The Balaban J connectivity index is 2.04. The Kier molecular flexibility index (Phi) is 4.74. The topological polar surface area (TPSA) is 35.2 Å². The van der Waals surface area contributed by atoms with Crippen molar-refractivity contribution in [2.24, 2.45) is 0 Å². The van der Waals surface area contributed by atoms with Crippen LogP contribution in [-0.2, 0) is 5.75 Å². The van der Waals surface area contributed by atoms with E-state index in [-0.39, 0.29) is 6.10 Å². The van der Waals surface area contributed by atoms with E-state index >= 15 is 0 Å². The average Bonchev–Trinajstić information content (AvgIpc) is 2.40. The number of hydrogen-bond donors (Lipinski definition) is 1. The molecule has 0 atom stereocenters. The van der Waals surface area contributed by atoms with Crippen LogP contribution in [0.2, 0.25) is 0 Å². The standard InChI is InChI=1S/C16H19NOS/c1-12(2)18-16-10-14(8-9-15(16)17)19-11-13-6-4-3-5-7-13/h3-10,12H,11,17H2,1-2H3. The van der Waals surface area contributed by atoms with Gasteiger partial charge >= 0.3 is 0 Å². The molecule has 0 saturated heterocycles. The highest BCUT2D eigenvalue weighted by atomic mass is 32.2. The van der Waals surface area contributed by atoms with E-state index in [1.165, 1.54) is 10.5 Å². The number of thioether (sulfide) groups is 1. The summed E-state index contributed by atoms with van der Waals surface area (Å²) in [5.74, 6) is 1.72. The third kappa shape index (κ3) is 4.21. The molecule has 0 bridgehead atoms. The summed E-state index contributed by atoms with van der Waals surface area (Å²) in [5.41, 5.74) is 7.92. The fourth-order valence-electron chi connectivity index (χ4n) is 1.70. The summed E-state index contributed by atoms with van der Waals surface area (Å²) in [6.07, 6.45) is 0.136. The van der Waals surface area contributed by atoms with Gasteiger partial charge in [0, 0.05) is 10.6 Å². The Hall–Kier alpha value is -1.61. The van der Waals surface area contributed by atoms with Crippen LogP contribution >= 0.6 is 11.8 Å². The van der Waals surface area contributed by atoms with Gasteiger partial charge in [-0.1, -0.05) is 30.3 Å². The van der Waals surface area contributed by atoms with E-state index in [9.17, 15) is 0 Å². The zero-order chi connectivity index (χ0) is 13.7. The van der Waals surface area contributed by atoms with Crippen LogP contribution in [0, 0.1) is 0 Å². The molecular weight excluding hydrogens is 254 g/mol. The summed E-state index contributed by atoms with van der Waals surface area (Å²) in [6, 6.07) is 16.4. The van der Waals surface area contributed by atoms with Crippen LogP contribution in [0.4, 0.5) is 5.69 Å². The predicted molar refractivity (Wildman–Crippen MR) is 82.6 cm³/mol. The Labute approximate surface area is 119 Å². The molecule has 0 fully saturated rings. The second-order valence-corrected chi connectivity index (χ2v) is 5.69. The van der Waals surface area contributed by atoms with E-state index in [1.54, 1.807) is 11.8 Å². The van der Waals surface area contributed by atoms with Gasteiger partial charge in [-0.25, -0.2) is 0 Å². The Morgan fingerprint density at radius 2 is 1.84 bits per heavy atom. The molecule has 100 valence electrons.